The van der Waals surface area contributed by atoms with Crippen molar-refractivity contribution in [1.29, 1.82) is 0 Å². The molecule has 0 saturated heterocycles. The number of ether oxygens (including phenoxy) is 1. The fourth-order valence-corrected chi connectivity index (χ4v) is 4.01. The maximum atomic E-state index is 5.43. The zero-order chi connectivity index (χ0) is 18.4. The second-order valence-corrected chi connectivity index (χ2v) is 7.16. The Labute approximate surface area is 154 Å². The number of rotatable bonds is 2. The van der Waals surface area contributed by atoms with Gasteiger partial charge < -0.3 is 4.74 Å². The summed E-state index contributed by atoms with van der Waals surface area (Å²) in [5.41, 5.74) is 9.68. The van der Waals surface area contributed by atoms with Crippen LogP contribution < -0.4 is 4.74 Å². The maximum Gasteiger partial charge on any atom is 0.121 e. The highest BCUT2D eigenvalue weighted by molar-refractivity contribution is 6.10. The average molecular weight is 341 g/mol. The van der Waals surface area contributed by atoms with E-state index in [0.717, 1.165) is 22.2 Å². The lowest BCUT2D eigenvalue weighted by Crippen LogP contribution is -1.95. The Balaban J connectivity index is 2.21. The number of aryl methyl sites for hydroxylation is 4. The van der Waals surface area contributed by atoms with Crippen LogP contribution in [0.25, 0.3) is 32.9 Å². The molecule has 2 heteroatoms. The number of fused-ring (bicyclic) bond motifs is 2. The van der Waals surface area contributed by atoms with Gasteiger partial charge in [-0.05, 0) is 68.1 Å². The molecule has 0 atom stereocenters. The van der Waals surface area contributed by atoms with Crippen molar-refractivity contribution < 1.29 is 4.74 Å². The van der Waals surface area contributed by atoms with Gasteiger partial charge in [-0.15, -0.1) is 0 Å². The first-order chi connectivity index (χ1) is 12.5. The summed E-state index contributed by atoms with van der Waals surface area (Å²) in [5, 5.41) is 2.36. The molecular weight excluding hydrogens is 318 g/mol. The van der Waals surface area contributed by atoms with Gasteiger partial charge in [-0.2, -0.15) is 0 Å². The van der Waals surface area contributed by atoms with Crippen molar-refractivity contribution in [3.8, 4) is 16.9 Å². The van der Waals surface area contributed by atoms with Crippen LogP contribution in [-0.4, -0.2) is 12.1 Å². The molecule has 0 spiro atoms. The third-order valence-electron chi connectivity index (χ3n) is 5.06. The van der Waals surface area contributed by atoms with E-state index < -0.39 is 0 Å². The van der Waals surface area contributed by atoms with E-state index in [1.54, 1.807) is 7.11 Å². The van der Waals surface area contributed by atoms with Gasteiger partial charge in [0.25, 0.3) is 0 Å². The van der Waals surface area contributed by atoms with Crippen LogP contribution in [0.5, 0.6) is 5.75 Å². The number of benzene rings is 3. The lowest BCUT2D eigenvalue weighted by Gasteiger charge is -2.17. The Morgan fingerprint density at radius 3 is 1.92 bits per heavy atom. The van der Waals surface area contributed by atoms with Gasteiger partial charge in [0, 0.05) is 22.4 Å². The molecule has 2 nitrogen and oxygen atoms in total. The average Bonchev–Trinajstić information content (AvgIpc) is 2.59. The van der Waals surface area contributed by atoms with Crippen LogP contribution in [0.2, 0.25) is 0 Å². The summed E-state index contributed by atoms with van der Waals surface area (Å²) in [4.78, 5) is 4.93. The van der Waals surface area contributed by atoms with E-state index in [1.807, 2.05) is 12.1 Å². The van der Waals surface area contributed by atoms with Gasteiger partial charge in [0.05, 0.1) is 18.1 Å². The summed E-state index contributed by atoms with van der Waals surface area (Å²) >= 11 is 0. The topological polar surface area (TPSA) is 22.1 Å². The molecule has 0 unspecified atom stereocenters. The van der Waals surface area contributed by atoms with Crippen LogP contribution in [0.1, 0.15) is 22.3 Å². The first-order valence-corrected chi connectivity index (χ1v) is 8.94. The van der Waals surface area contributed by atoms with Gasteiger partial charge in [0.2, 0.25) is 0 Å². The number of aromatic nitrogens is 1. The minimum atomic E-state index is 0.834. The lowest BCUT2D eigenvalue weighted by atomic mass is 9.89. The number of nitrogens with zero attached hydrogens (tertiary/aromatic N) is 1. The van der Waals surface area contributed by atoms with Crippen LogP contribution in [-0.2, 0) is 0 Å². The smallest absolute Gasteiger partial charge is 0.121 e. The molecule has 3 aromatic carbocycles. The standard InChI is InChI=1S/C24H23NO/c1-14-6-8-19-21(12-14)25-22-13-18(26-5)7-9-20(22)24(19)23-16(3)10-15(2)11-17(23)4/h6-13H,1-5H3. The molecule has 0 aliphatic carbocycles. The monoisotopic (exact) mass is 341 g/mol. The van der Waals surface area contributed by atoms with Crippen LogP contribution in [0.3, 0.4) is 0 Å². The quantitative estimate of drug-likeness (QED) is 0.399. The second-order valence-electron chi connectivity index (χ2n) is 7.16. The Bertz CT molecular complexity index is 1130. The van der Waals surface area contributed by atoms with Crippen LogP contribution in [0.15, 0.2) is 48.5 Å². The van der Waals surface area contributed by atoms with E-state index in [2.05, 4.69) is 64.1 Å². The molecule has 0 fully saturated rings. The SMILES string of the molecule is COc1ccc2c(-c3c(C)cc(C)cc3C)c3ccc(C)cc3nc2c1. The van der Waals surface area contributed by atoms with Crippen molar-refractivity contribution in [2.24, 2.45) is 0 Å². The van der Waals surface area contributed by atoms with E-state index in [4.69, 9.17) is 9.72 Å². The molecule has 130 valence electrons. The van der Waals surface area contributed by atoms with Crippen molar-refractivity contribution >= 4 is 21.8 Å². The number of methoxy groups -OCH3 is 1. The number of pyridine rings is 1. The van der Waals surface area contributed by atoms with E-state index in [-0.39, 0.29) is 0 Å². The Kier molecular flexibility index (Phi) is 3.91. The van der Waals surface area contributed by atoms with Gasteiger partial charge in [-0.3, -0.25) is 0 Å². The predicted octanol–water partition coefficient (Wildman–Crippen LogP) is 6.30. The minimum absolute atomic E-state index is 0.834. The molecule has 0 aliphatic rings. The summed E-state index contributed by atoms with van der Waals surface area (Å²) in [5.74, 6) is 0.834. The fourth-order valence-electron chi connectivity index (χ4n) is 4.01. The summed E-state index contributed by atoms with van der Waals surface area (Å²) in [6, 6.07) is 17.2. The van der Waals surface area contributed by atoms with Crippen LogP contribution in [0.4, 0.5) is 0 Å². The minimum Gasteiger partial charge on any atom is -0.497 e. The molecule has 4 rings (SSSR count). The zero-order valence-corrected chi connectivity index (χ0v) is 16.0. The first kappa shape index (κ1) is 16.6. The van der Waals surface area contributed by atoms with E-state index >= 15 is 0 Å². The van der Waals surface area contributed by atoms with Gasteiger partial charge >= 0.3 is 0 Å². The fraction of sp³-hybridized carbons (Fsp3) is 0.208. The number of hydrogen-bond acceptors (Lipinski definition) is 2. The molecule has 1 heterocycles. The summed E-state index contributed by atoms with van der Waals surface area (Å²) in [6.07, 6.45) is 0. The second kappa shape index (κ2) is 6.14. The summed E-state index contributed by atoms with van der Waals surface area (Å²) in [6.45, 7) is 8.66. The molecule has 0 saturated carbocycles. The Hall–Kier alpha value is -2.87. The highest BCUT2D eigenvalue weighted by atomic mass is 16.5. The molecule has 1 aromatic heterocycles. The zero-order valence-electron chi connectivity index (χ0n) is 16.0. The third-order valence-corrected chi connectivity index (χ3v) is 5.06. The third kappa shape index (κ3) is 2.62. The largest absolute Gasteiger partial charge is 0.497 e. The Morgan fingerprint density at radius 2 is 1.27 bits per heavy atom. The number of hydrogen-bond donors (Lipinski definition) is 0. The molecular formula is C24H23NO. The first-order valence-electron chi connectivity index (χ1n) is 8.94. The predicted molar refractivity (Wildman–Crippen MR) is 110 cm³/mol. The molecule has 4 aromatic rings. The highest BCUT2D eigenvalue weighted by Crippen LogP contribution is 2.39. The molecule has 26 heavy (non-hydrogen) atoms. The molecule has 0 amide bonds. The van der Waals surface area contributed by atoms with Crippen molar-refractivity contribution in [3.05, 3.63) is 70.8 Å². The van der Waals surface area contributed by atoms with Crippen LogP contribution in [0, 0.1) is 27.7 Å². The highest BCUT2D eigenvalue weighted by Gasteiger charge is 2.16. The molecule has 0 N–H and O–H groups in total. The molecule has 0 aliphatic heterocycles. The van der Waals surface area contributed by atoms with E-state index in [0.29, 0.717) is 0 Å². The summed E-state index contributed by atoms with van der Waals surface area (Å²) in [7, 11) is 1.70. The molecule has 0 bridgehead atoms. The summed E-state index contributed by atoms with van der Waals surface area (Å²) < 4.78 is 5.43. The van der Waals surface area contributed by atoms with E-state index in [9.17, 15) is 0 Å². The van der Waals surface area contributed by atoms with Crippen molar-refractivity contribution in [3.63, 3.8) is 0 Å². The molecule has 0 radical (unpaired) electrons. The van der Waals surface area contributed by atoms with E-state index in [1.165, 1.54) is 38.8 Å². The van der Waals surface area contributed by atoms with Crippen molar-refractivity contribution in [1.82, 2.24) is 4.98 Å². The van der Waals surface area contributed by atoms with Crippen molar-refractivity contribution in [2.45, 2.75) is 27.7 Å². The Morgan fingerprint density at radius 1 is 0.654 bits per heavy atom. The van der Waals surface area contributed by atoms with Crippen LogP contribution >= 0.6 is 0 Å². The van der Waals surface area contributed by atoms with Gasteiger partial charge in [-0.25, -0.2) is 4.98 Å². The van der Waals surface area contributed by atoms with Gasteiger partial charge in [0.15, 0.2) is 0 Å². The maximum absolute atomic E-state index is 5.43. The van der Waals surface area contributed by atoms with Gasteiger partial charge in [0.1, 0.15) is 5.75 Å². The van der Waals surface area contributed by atoms with Gasteiger partial charge in [-0.1, -0.05) is 29.8 Å². The van der Waals surface area contributed by atoms with Crippen molar-refractivity contribution in [2.75, 3.05) is 7.11 Å². The normalized spacial score (nSPS) is 11.3. The lowest BCUT2D eigenvalue weighted by molar-refractivity contribution is 0.415.